The van der Waals surface area contributed by atoms with Crippen LogP contribution in [0.2, 0.25) is 0 Å². The summed E-state index contributed by atoms with van der Waals surface area (Å²) >= 11 is 1.52. The topological polar surface area (TPSA) is 17.1 Å². The number of hydrogen-bond donors (Lipinski definition) is 0. The third-order valence-electron chi connectivity index (χ3n) is 3.60. The number of thioether (sulfide) groups is 1. The molecule has 0 aromatic heterocycles. The summed E-state index contributed by atoms with van der Waals surface area (Å²) in [5.41, 5.74) is -1.33. The van der Waals surface area contributed by atoms with Gasteiger partial charge in [-0.3, -0.25) is 4.79 Å². The molecule has 0 N–H and O–H groups in total. The third kappa shape index (κ3) is 4.46. The SMILES string of the molecule is O=C(CSC1CCCCC1)c1ccc(C(F)(F)F)c(F)c1. The number of carbonyl (C=O) groups is 1. The van der Waals surface area contributed by atoms with Crippen molar-refractivity contribution in [1.29, 1.82) is 0 Å². The standard InChI is InChI=1S/C15H16F4OS/c16-13-8-10(6-7-12(13)15(17,18)19)14(20)9-21-11-4-2-1-3-5-11/h6-8,11H,1-5,9H2. The highest BCUT2D eigenvalue weighted by molar-refractivity contribution is 8.00. The number of hydrogen-bond acceptors (Lipinski definition) is 2. The molecule has 0 atom stereocenters. The molecule has 1 fully saturated rings. The highest BCUT2D eigenvalue weighted by atomic mass is 32.2. The molecule has 0 bridgehead atoms. The van der Waals surface area contributed by atoms with Crippen molar-refractivity contribution in [2.75, 3.05) is 5.75 Å². The predicted molar refractivity (Wildman–Crippen MR) is 75.1 cm³/mol. The molecule has 0 radical (unpaired) electrons. The molecular formula is C15H16F4OS. The van der Waals surface area contributed by atoms with E-state index in [1.54, 1.807) is 0 Å². The fraction of sp³-hybridized carbons (Fsp3) is 0.533. The molecule has 0 unspecified atom stereocenters. The molecule has 0 saturated heterocycles. The van der Waals surface area contributed by atoms with Crippen LogP contribution in [-0.2, 0) is 6.18 Å². The van der Waals surface area contributed by atoms with E-state index in [1.807, 2.05) is 0 Å². The van der Waals surface area contributed by atoms with E-state index in [-0.39, 0.29) is 17.1 Å². The Morgan fingerprint density at radius 1 is 1.19 bits per heavy atom. The van der Waals surface area contributed by atoms with Crippen LogP contribution in [0.25, 0.3) is 0 Å². The number of carbonyl (C=O) groups excluding carboxylic acids is 1. The van der Waals surface area contributed by atoms with E-state index in [2.05, 4.69) is 0 Å². The molecule has 1 aromatic rings. The van der Waals surface area contributed by atoms with Crippen LogP contribution in [0, 0.1) is 5.82 Å². The predicted octanol–water partition coefficient (Wildman–Crippen LogP) is 5.09. The van der Waals surface area contributed by atoms with Gasteiger partial charge < -0.3 is 0 Å². The summed E-state index contributed by atoms with van der Waals surface area (Å²) < 4.78 is 50.8. The average Bonchev–Trinajstić information content (AvgIpc) is 2.44. The average molecular weight is 320 g/mol. The van der Waals surface area contributed by atoms with Crippen molar-refractivity contribution in [1.82, 2.24) is 0 Å². The molecule has 6 heteroatoms. The molecular weight excluding hydrogens is 304 g/mol. The fourth-order valence-electron chi connectivity index (χ4n) is 2.43. The first-order valence-corrected chi connectivity index (χ1v) is 7.94. The second-order valence-electron chi connectivity index (χ2n) is 5.19. The summed E-state index contributed by atoms with van der Waals surface area (Å²) in [6.45, 7) is 0. The number of rotatable bonds is 4. The third-order valence-corrected chi connectivity index (χ3v) is 4.97. The molecule has 1 saturated carbocycles. The monoisotopic (exact) mass is 320 g/mol. The zero-order valence-electron chi connectivity index (χ0n) is 11.4. The van der Waals surface area contributed by atoms with Crippen LogP contribution < -0.4 is 0 Å². The van der Waals surface area contributed by atoms with Crippen molar-refractivity contribution in [3.05, 3.63) is 35.1 Å². The van der Waals surface area contributed by atoms with E-state index in [4.69, 9.17) is 0 Å². The maximum Gasteiger partial charge on any atom is 0.419 e. The minimum Gasteiger partial charge on any atom is -0.293 e. The van der Waals surface area contributed by atoms with Crippen molar-refractivity contribution in [2.24, 2.45) is 0 Å². The van der Waals surface area contributed by atoms with Gasteiger partial charge >= 0.3 is 6.18 Å². The molecule has 116 valence electrons. The Bertz CT molecular complexity index is 507. The molecule has 0 spiro atoms. The number of alkyl halides is 3. The normalized spacial score (nSPS) is 17.0. The second-order valence-corrected chi connectivity index (χ2v) is 6.48. The highest BCUT2D eigenvalue weighted by Crippen LogP contribution is 2.32. The Hall–Kier alpha value is -1.04. The first kappa shape index (κ1) is 16.3. The lowest BCUT2D eigenvalue weighted by Crippen LogP contribution is -2.13. The van der Waals surface area contributed by atoms with Gasteiger partial charge in [0.1, 0.15) is 5.82 Å². The first-order valence-electron chi connectivity index (χ1n) is 6.89. The van der Waals surface area contributed by atoms with Gasteiger partial charge in [0.2, 0.25) is 0 Å². The molecule has 2 rings (SSSR count). The summed E-state index contributed by atoms with van der Waals surface area (Å²) in [4.78, 5) is 11.9. The van der Waals surface area contributed by atoms with Crippen LogP contribution in [0.5, 0.6) is 0 Å². The zero-order chi connectivity index (χ0) is 15.5. The molecule has 21 heavy (non-hydrogen) atoms. The fourth-order valence-corrected chi connectivity index (χ4v) is 3.65. The summed E-state index contributed by atoms with van der Waals surface area (Å²) in [6.07, 6.45) is 0.928. The summed E-state index contributed by atoms with van der Waals surface area (Å²) in [7, 11) is 0. The van der Waals surface area contributed by atoms with Crippen LogP contribution in [0.4, 0.5) is 17.6 Å². The van der Waals surface area contributed by atoms with Crippen molar-refractivity contribution < 1.29 is 22.4 Å². The van der Waals surface area contributed by atoms with E-state index in [0.717, 1.165) is 31.7 Å². The Morgan fingerprint density at radius 3 is 2.43 bits per heavy atom. The Labute approximate surface area is 125 Å². The smallest absolute Gasteiger partial charge is 0.293 e. The van der Waals surface area contributed by atoms with Gasteiger partial charge in [-0.2, -0.15) is 24.9 Å². The van der Waals surface area contributed by atoms with Crippen LogP contribution in [-0.4, -0.2) is 16.8 Å². The van der Waals surface area contributed by atoms with E-state index >= 15 is 0 Å². The van der Waals surface area contributed by atoms with Gasteiger partial charge in [-0.15, -0.1) is 0 Å². The van der Waals surface area contributed by atoms with Crippen molar-refractivity contribution in [2.45, 2.75) is 43.5 Å². The lowest BCUT2D eigenvalue weighted by Gasteiger charge is -2.20. The largest absolute Gasteiger partial charge is 0.419 e. The Morgan fingerprint density at radius 2 is 1.86 bits per heavy atom. The summed E-state index contributed by atoms with van der Waals surface area (Å²) in [6, 6.07) is 2.37. The van der Waals surface area contributed by atoms with Gasteiger partial charge in [0.15, 0.2) is 5.78 Å². The first-order chi connectivity index (χ1) is 9.88. The van der Waals surface area contributed by atoms with E-state index in [1.165, 1.54) is 18.2 Å². The minimum absolute atomic E-state index is 0.00353. The van der Waals surface area contributed by atoms with E-state index < -0.39 is 17.6 Å². The lowest BCUT2D eigenvalue weighted by molar-refractivity contribution is -0.140. The number of Topliss-reactive ketones (excluding diaryl/α,β-unsaturated/α-hetero) is 1. The quantitative estimate of drug-likeness (QED) is 0.567. The van der Waals surface area contributed by atoms with Crippen LogP contribution in [0.15, 0.2) is 18.2 Å². The van der Waals surface area contributed by atoms with Gasteiger partial charge in [0.05, 0.1) is 11.3 Å². The number of halogens is 4. The second kappa shape index (κ2) is 6.81. The molecule has 1 aliphatic carbocycles. The maximum atomic E-state index is 13.4. The molecule has 1 nitrogen and oxygen atoms in total. The lowest BCUT2D eigenvalue weighted by atomic mass is 10.0. The van der Waals surface area contributed by atoms with Crippen LogP contribution in [0.3, 0.4) is 0 Å². The Balaban J connectivity index is 1.97. The van der Waals surface area contributed by atoms with Gasteiger partial charge in [0.25, 0.3) is 0 Å². The summed E-state index contributed by atoms with van der Waals surface area (Å²) in [5.74, 6) is -1.52. The molecule has 1 aliphatic rings. The number of ketones is 1. The van der Waals surface area contributed by atoms with Crippen LogP contribution in [0.1, 0.15) is 48.0 Å². The molecule has 0 heterocycles. The molecule has 1 aromatic carbocycles. The van der Waals surface area contributed by atoms with Gasteiger partial charge in [-0.1, -0.05) is 25.3 Å². The van der Waals surface area contributed by atoms with Crippen molar-refractivity contribution >= 4 is 17.5 Å². The highest BCUT2D eigenvalue weighted by Gasteiger charge is 2.34. The van der Waals surface area contributed by atoms with Crippen LogP contribution >= 0.6 is 11.8 Å². The summed E-state index contributed by atoms with van der Waals surface area (Å²) in [5, 5.41) is 0.432. The molecule has 0 aliphatic heterocycles. The minimum atomic E-state index is -4.73. The van der Waals surface area contributed by atoms with E-state index in [9.17, 15) is 22.4 Å². The van der Waals surface area contributed by atoms with Gasteiger partial charge in [0, 0.05) is 10.8 Å². The van der Waals surface area contributed by atoms with E-state index in [0.29, 0.717) is 17.4 Å². The number of benzene rings is 1. The molecule has 0 amide bonds. The Kier molecular flexibility index (Phi) is 5.30. The van der Waals surface area contributed by atoms with Gasteiger partial charge in [-0.25, -0.2) is 4.39 Å². The maximum absolute atomic E-state index is 13.4. The zero-order valence-corrected chi connectivity index (χ0v) is 12.2. The van der Waals surface area contributed by atoms with Crippen molar-refractivity contribution in [3.8, 4) is 0 Å². The van der Waals surface area contributed by atoms with Crippen molar-refractivity contribution in [3.63, 3.8) is 0 Å². The van der Waals surface area contributed by atoms with Gasteiger partial charge in [-0.05, 0) is 25.0 Å².